The molecule has 5 nitrogen and oxygen atoms in total. The molecule has 2 rings (SSSR count). The van der Waals surface area contributed by atoms with Gasteiger partial charge in [0.05, 0.1) is 11.3 Å². The van der Waals surface area contributed by atoms with Gasteiger partial charge in [-0.3, -0.25) is 4.79 Å². The van der Waals surface area contributed by atoms with E-state index in [2.05, 4.69) is 27.1 Å². The number of aliphatic hydroxyl groups excluding tert-OH is 1. The van der Waals surface area contributed by atoms with Gasteiger partial charge in [-0.25, -0.2) is 14.4 Å². The molecular formula is C14H10FN3O2. The Balaban J connectivity index is 2.16. The zero-order chi connectivity index (χ0) is 14.4. The van der Waals surface area contributed by atoms with Crippen LogP contribution in [-0.4, -0.2) is 27.6 Å². The Labute approximate surface area is 114 Å². The van der Waals surface area contributed by atoms with Gasteiger partial charge in [0.2, 0.25) is 0 Å². The average molecular weight is 271 g/mol. The zero-order valence-corrected chi connectivity index (χ0v) is 10.3. The van der Waals surface area contributed by atoms with Gasteiger partial charge in [0, 0.05) is 18.0 Å². The van der Waals surface area contributed by atoms with Crippen molar-refractivity contribution < 1.29 is 14.3 Å². The fraction of sp³-hybridized carbons (Fsp3) is 0.0714. The van der Waals surface area contributed by atoms with Crippen LogP contribution < -0.4 is 5.32 Å². The van der Waals surface area contributed by atoms with Crippen LogP contribution in [0.2, 0.25) is 0 Å². The van der Waals surface area contributed by atoms with Gasteiger partial charge in [0.25, 0.3) is 5.91 Å². The Morgan fingerprint density at radius 3 is 2.75 bits per heavy atom. The van der Waals surface area contributed by atoms with Gasteiger partial charge in [-0.2, -0.15) is 0 Å². The van der Waals surface area contributed by atoms with E-state index in [1.54, 1.807) is 6.07 Å². The maximum atomic E-state index is 13.8. The van der Waals surface area contributed by atoms with Gasteiger partial charge >= 0.3 is 0 Å². The Morgan fingerprint density at radius 2 is 2.10 bits per heavy atom. The minimum absolute atomic E-state index is 0.0356. The first-order valence-corrected chi connectivity index (χ1v) is 5.66. The summed E-state index contributed by atoms with van der Waals surface area (Å²) in [5.74, 6) is 3.88. The second kappa shape index (κ2) is 6.41. The van der Waals surface area contributed by atoms with Crippen molar-refractivity contribution in [2.24, 2.45) is 0 Å². The molecule has 2 aromatic rings. The van der Waals surface area contributed by atoms with Crippen molar-refractivity contribution >= 4 is 11.6 Å². The maximum Gasteiger partial charge on any atom is 0.258 e. The van der Waals surface area contributed by atoms with Crippen LogP contribution in [-0.2, 0) is 0 Å². The fourth-order valence-electron chi connectivity index (χ4n) is 1.45. The number of amides is 1. The molecular weight excluding hydrogens is 261 g/mol. The molecule has 1 aromatic carbocycles. The summed E-state index contributed by atoms with van der Waals surface area (Å²) < 4.78 is 13.8. The van der Waals surface area contributed by atoms with Gasteiger partial charge in [0.1, 0.15) is 18.8 Å². The van der Waals surface area contributed by atoms with E-state index in [4.69, 9.17) is 5.11 Å². The van der Waals surface area contributed by atoms with E-state index in [9.17, 15) is 9.18 Å². The molecule has 0 aliphatic heterocycles. The summed E-state index contributed by atoms with van der Waals surface area (Å²) in [6.45, 7) is -0.298. The van der Waals surface area contributed by atoms with Crippen LogP contribution in [0.4, 0.5) is 10.1 Å². The average Bonchev–Trinajstić information content (AvgIpc) is 2.48. The standard InChI is InChI=1S/C14H10FN3O2/c15-12-6-10(2-1-5-19)3-4-13(12)18-14(20)11-7-16-9-17-8-11/h3-4,6-9,19H,5H2,(H,18,20). The topological polar surface area (TPSA) is 75.1 Å². The van der Waals surface area contributed by atoms with Gasteiger partial charge in [-0.15, -0.1) is 0 Å². The van der Waals surface area contributed by atoms with E-state index in [0.717, 1.165) is 0 Å². The lowest BCUT2D eigenvalue weighted by Crippen LogP contribution is -2.13. The lowest BCUT2D eigenvalue weighted by atomic mass is 10.2. The van der Waals surface area contributed by atoms with Gasteiger partial charge in [-0.1, -0.05) is 11.8 Å². The molecule has 20 heavy (non-hydrogen) atoms. The van der Waals surface area contributed by atoms with Crippen LogP contribution in [0.1, 0.15) is 15.9 Å². The number of aromatic nitrogens is 2. The molecule has 1 aromatic heterocycles. The summed E-state index contributed by atoms with van der Waals surface area (Å²) >= 11 is 0. The first kappa shape index (κ1) is 13.6. The number of carbonyl (C=O) groups is 1. The van der Waals surface area contributed by atoms with Crippen molar-refractivity contribution in [3.63, 3.8) is 0 Å². The number of anilines is 1. The van der Waals surface area contributed by atoms with Crippen molar-refractivity contribution in [2.75, 3.05) is 11.9 Å². The molecule has 1 amide bonds. The number of rotatable bonds is 2. The van der Waals surface area contributed by atoms with Crippen molar-refractivity contribution in [3.8, 4) is 11.8 Å². The summed E-state index contributed by atoms with van der Waals surface area (Å²) in [6.07, 6.45) is 3.97. The zero-order valence-electron chi connectivity index (χ0n) is 10.3. The summed E-state index contributed by atoms with van der Waals surface area (Å²) in [4.78, 5) is 19.2. The molecule has 0 unspecified atom stereocenters. The molecule has 100 valence electrons. The Morgan fingerprint density at radius 1 is 1.35 bits per heavy atom. The molecule has 0 atom stereocenters. The van der Waals surface area contributed by atoms with E-state index < -0.39 is 11.7 Å². The molecule has 1 heterocycles. The SMILES string of the molecule is O=C(Nc1ccc(C#CCO)cc1F)c1cncnc1. The van der Waals surface area contributed by atoms with Crippen LogP contribution in [0.25, 0.3) is 0 Å². The number of aliphatic hydroxyl groups is 1. The third-order valence-electron chi connectivity index (χ3n) is 2.35. The Bertz CT molecular complexity index is 678. The molecule has 0 saturated heterocycles. The second-order valence-electron chi connectivity index (χ2n) is 3.74. The largest absolute Gasteiger partial charge is 0.384 e. The lowest BCUT2D eigenvalue weighted by molar-refractivity contribution is 0.102. The molecule has 0 bridgehead atoms. The minimum atomic E-state index is -0.611. The second-order valence-corrected chi connectivity index (χ2v) is 3.74. The summed E-state index contributed by atoms with van der Waals surface area (Å²) in [6, 6.07) is 4.13. The third kappa shape index (κ3) is 3.37. The molecule has 0 fully saturated rings. The van der Waals surface area contributed by atoms with Crippen LogP contribution in [0, 0.1) is 17.7 Å². The maximum absolute atomic E-state index is 13.8. The lowest BCUT2D eigenvalue weighted by Gasteiger charge is -2.06. The van der Waals surface area contributed by atoms with E-state index >= 15 is 0 Å². The molecule has 0 aliphatic rings. The van der Waals surface area contributed by atoms with E-state index in [-0.39, 0.29) is 17.9 Å². The molecule has 0 saturated carbocycles. The Kier molecular flexibility index (Phi) is 4.37. The monoisotopic (exact) mass is 271 g/mol. The molecule has 0 aliphatic carbocycles. The van der Waals surface area contributed by atoms with E-state index in [1.165, 1.54) is 30.9 Å². The van der Waals surface area contributed by atoms with Crippen molar-refractivity contribution in [1.82, 2.24) is 9.97 Å². The van der Waals surface area contributed by atoms with E-state index in [1.807, 2.05) is 0 Å². The predicted molar refractivity (Wildman–Crippen MR) is 70.3 cm³/mol. The molecule has 0 radical (unpaired) electrons. The first-order chi connectivity index (χ1) is 9.70. The number of benzene rings is 1. The van der Waals surface area contributed by atoms with Gasteiger partial charge < -0.3 is 10.4 Å². The molecule has 2 N–H and O–H groups in total. The van der Waals surface area contributed by atoms with Crippen LogP contribution in [0.15, 0.2) is 36.9 Å². The number of nitrogens with zero attached hydrogens (tertiary/aromatic N) is 2. The van der Waals surface area contributed by atoms with Crippen molar-refractivity contribution in [1.29, 1.82) is 0 Å². The van der Waals surface area contributed by atoms with E-state index in [0.29, 0.717) is 5.56 Å². The molecule has 6 heteroatoms. The number of hydrogen-bond acceptors (Lipinski definition) is 4. The quantitative estimate of drug-likeness (QED) is 0.805. The highest BCUT2D eigenvalue weighted by Gasteiger charge is 2.09. The van der Waals surface area contributed by atoms with Crippen LogP contribution in [0.3, 0.4) is 0 Å². The first-order valence-electron chi connectivity index (χ1n) is 5.66. The number of halogens is 1. The number of hydrogen-bond donors (Lipinski definition) is 2. The van der Waals surface area contributed by atoms with Crippen LogP contribution in [0.5, 0.6) is 0 Å². The smallest absolute Gasteiger partial charge is 0.258 e. The highest BCUT2D eigenvalue weighted by molar-refractivity contribution is 6.03. The summed E-state index contributed by atoms with van der Waals surface area (Å²) in [5, 5.41) is 11.0. The Hall–Kier alpha value is -2.78. The summed E-state index contributed by atoms with van der Waals surface area (Å²) in [7, 11) is 0. The molecule has 0 spiro atoms. The van der Waals surface area contributed by atoms with Crippen molar-refractivity contribution in [2.45, 2.75) is 0 Å². The van der Waals surface area contributed by atoms with Crippen molar-refractivity contribution in [3.05, 3.63) is 53.9 Å². The highest BCUT2D eigenvalue weighted by atomic mass is 19.1. The third-order valence-corrected chi connectivity index (χ3v) is 2.35. The minimum Gasteiger partial charge on any atom is -0.384 e. The normalized spacial score (nSPS) is 9.50. The van der Waals surface area contributed by atoms with Crippen LogP contribution >= 0.6 is 0 Å². The fourth-order valence-corrected chi connectivity index (χ4v) is 1.45. The number of nitrogens with one attached hydrogen (secondary N) is 1. The summed E-state index contributed by atoms with van der Waals surface area (Å²) in [5.41, 5.74) is 0.682. The van der Waals surface area contributed by atoms with Gasteiger partial charge in [0.15, 0.2) is 0 Å². The number of carbonyl (C=O) groups excluding carboxylic acids is 1. The predicted octanol–water partition coefficient (Wildman–Crippen LogP) is 1.21. The van der Waals surface area contributed by atoms with Gasteiger partial charge in [-0.05, 0) is 18.2 Å². The highest BCUT2D eigenvalue weighted by Crippen LogP contribution is 2.16.